The normalized spacial score (nSPS) is 12.6. The minimum Gasteiger partial charge on any atom is -0.383 e. The van der Waals surface area contributed by atoms with E-state index < -0.39 is 0 Å². The third kappa shape index (κ3) is 7.38. The molecule has 1 amide bonds. The number of aliphatic imine (C=N–C) groups is 1. The fraction of sp³-hybridized carbons (Fsp3) is 0.500. The molecule has 3 N–H and O–H groups in total. The first-order valence-corrected chi connectivity index (χ1v) is 8.49. The number of hydrogen-bond acceptors (Lipinski definition) is 3. The molecule has 0 saturated heterocycles. The van der Waals surface area contributed by atoms with E-state index >= 15 is 0 Å². The Hall–Kier alpha value is -1.50. The summed E-state index contributed by atoms with van der Waals surface area (Å²) in [6.45, 7) is 5.56. The van der Waals surface area contributed by atoms with Gasteiger partial charge in [0, 0.05) is 30.2 Å². The molecule has 0 aliphatic rings. The molecule has 0 heterocycles. The van der Waals surface area contributed by atoms with Crippen molar-refractivity contribution < 1.29 is 9.53 Å². The molecule has 0 fully saturated rings. The van der Waals surface area contributed by atoms with Crippen molar-refractivity contribution in [3.63, 3.8) is 0 Å². The maximum atomic E-state index is 11.7. The van der Waals surface area contributed by atoms with Crippen molar-refractivity contribution in [3.05, 3.63) is 33.8 Å². The largest absolute Gasteiger partial charge is 0.383 e. The average molecular weight is 375 g/mol. The molecule has 0 aliphatic carbocycles. The van der Waals surface area contributed by atoms with Gasteiger partial charge in [0.15, 0.2) is 5.96 Å². The lowest BCUT2D eigenvalue weighted by Crippen LogP contribution is -2.40. The van der Waals surface area contributed by atoms with Gasteiger partial charge in [-0.2, -0.15) is 0 Å². The maximum absolute atomic E-state index is 11.7. The number of guanidine groups is 1. The molecular weight excluding hydrogens is 351 g/mol. The van der Waals surface area contributed by atoms with Crippen molar-refractivity contribution in [2.45, 2.75) is 19.9 Å². The van der Waals surface area contributed by atoms with E-state index in [1.165, 1.54) is 0 Å². The van der Waals surface area contributed by atoms with E-state index in [1.54, 1.807) is 19.2 Å². The number of halogens is 2. The summed E-state index contributed by atoms with van der Waals surface area (Å²) < 4.78 is 4.88. The number of nitrogens with zero attached hydrogens (tertiary/aromatic N) is 1. The second kappa shape index (κ2) is 11.1. The van der Waals surface area contributed by atoms with Crippen LogP contribution in [0.3, 0.4) is 0 Å². The van der Waals surface area contributed by atoms with Gasteiger partial charge < -0.3 is 20.7 Å². The van der Waals surface area contributed by atoms with Crippen LogP contribution in [0.15, 0.2) is 23.2 Å². The topological polar surface area (TPSA) is 74.8 Å². The number of carbonyl (C=O) groups is 1. The monoisotopic (exact) mass is 374 g/mol. The second-order valence-corrected chi connectivity index (χ2v) is 5.91. The fourth-order valence-electron chi connectivity index (χ4n) is 1.95. The number of rotatable bonds is 8. The molecule has 1 aromatic carbocycles. The number of benzene rings is 1. The van der Waals surface area contributed by atoms with E-state index in [2.05, 4.69) is 20.9 Å². The van der Waals surface area contributed by atoms with Gasteiger partial charge in [0.2, 0.25) is 5.91 Å². The Morgan fingerprint density at radius 2 is 2.08 bits per heavy atom. The summed E-state index contributed by atoms with van der Waals surface area (Å²) in [6, 6.07) is 5.26. The first-order valence-electron chi connectivity index (χ1n) is 7.73. The molecule has 1 aromatic rings. The van der Waals surface area contributed by atoms with Gasteiger partial charge in [-0.25, -0.2) is 4.99 Å². The highest BCUT2D eigenvalue weighted by Gasteiger charge is 2.12. The molecule has 0 aromatic heterocycles. The third-order valence-electron chi connectivity index (χ3n) is 3.14. The summed E-state index contributed by atoms with van der Waals surface area (Å²) >= 11 is 12.1. The van der Waals surface area contributed by atoms with Crippen LogP contribution in [0, 0.1) is 0 Å². The van der Waals surface area contributed by atoms with Gasteiger partial charge in [0.05, 0.1) is 12.6 Å². The molecule has 6 nitrogen and oxygen atoms in total. The maximum Gasteiger partial charge on any atom is 0.241 e. The first-order chi connectivity index (χ1) is 11.5. The van der Waals surface area contributed by atoms with Crippen LogP contribution in [0.25, 0.3) is 0 Å². The summed E-state index contributed by atoms with van der Waals surface area (Å²) in [5.74, 6) is 0.374. The van der Waals surface area contributed by atoms with E-state index in [0.29, 0.717) is 35.7 Å². The Morgan fingerprint density at radius 1 is 1.33 bits per heavy atom. The van der Waals surface area contributed by atoms with Crippen LogP contribution in [0.5, 0.6) is 0 Å². The molecule has 0 bridgehead atoms. The van der Waals surface area contributed by atoms with Gasteiger partial charge in [0.25, 0.3) is 0 Å². The first kappa shape index (κ1) is 20.5. The Labute approximate surface area is 153 Å². The SMILES string of the molecule is CCNC(=NCC(=O)NCCOC)NC(C)c1ccc(Cl)cc1Cl. The molecule has 0 aliphatic heterocycles. The van der Waals surface area contributed by atoms with Gasteiger partial charge in [0.1, 0.15) is 6.54 Å². The predicted octanol–water partition coefficient (Wildman–Crippen LogP) is 2.37. The Bertz CT molecular complexity index is 567. The second-order valence-electron chi connectivity index (χ2n) is 5.07. The van der Waals surface area contributed by atoms with E-state index in [4.69, 9.17) is 27.9 Å². The predicted molar refractivity (Wildman–Crippen MR) is 98.9 cm³/mol. The zero-order valence-corrected chi connectivity index (χ0v) is 15.7. The summed E-state index contributed by atoms with van der Waals surface area (Å²) in [5, 5.41) is 10.2. The molecule has 1 rings (SSSR count). The van der Waals surface area contributed by atoms with Crippen LogP contribution in [0.4, 0.5) is 0 Å². The zero-order chi connectivity index (χ0) is 17.9. The highest BCUT2D eigenvalue weighted by atomic mass is 35.5. The van der Waals surface area contributed by atoms with Crippen molar-refractivity contribution in [2.75, 3.05) is 33.4 Å². The summed E-state index contributed by atoms with van der Waals surface area (Å²) in [7, 11) is 1.58. The summed E-state index contributed by atoms with van der Waals surface area (Å²) in [5.41, 5.74) is 0.899. The fourth-order valence-corrected chi connectivity index (χ4v) is 2.53. The van der Waals surface area contributed by atoms with Gasteiger partial charge in [-0.15, -0.1) is 0 Å². The number of hydrogen-bond donors (Lipinski definition) is 3. The van der Waals surface area contributed by atoms with Crippen LogP contribution in [0.2, 0.25) is 10.0 Å². The van der Waals surface area contributed by atoms with Gasteiger partial charge in [-0.05, 0) is 31.5 Å². The van der Waals surface area contributed by atoms with Gasteiger partial charge in [-0.1, -0.05) is 29.3 Å². The van der Waals surface area contributed by atoms with E-state index in [0.717, 1.165) is 5.56 Å². The number of nitrogens with one attached hydrogen (secondary N) is 3. The molecular formula is C16H24Cl2N4O2. The lowest BCUT2D eigenvalue weighted by molar-refractivity contribution is -0.119. The Kier molecular flexibility index (Phi) is 9.52. The van der Waals surface area contributed by atoms with Crippen LogP contribution >= 0.6 is 23.2 Å². The summed E-state index contributed by atoms with van der Waals surface area (Å²) in [6.07, 6.45) is 0. The van der Waals surface area contributed by atoms with Crippen molar-refractivity contribution in [1.82, 2.24) is 16.0 Å². The number of amides is 1. The van der Waals surface area contributed by atoms with Gasteiger partial charge in [-0.3, -0.25) is 4.79 Å². The molecule has 8 heteroatoms. The van der Waals surface area contributed by atoms with Crippen molar-refractivity contribution in [3.8, 4) is 0 Å². The molecule has 134 valence electrons. The smallest absolute Gasteiger partial charge is 0.241 e. The van der Waals surface area contributed by atoms with Crippen LogP contribution < -0.4 is 16.0 Å². The van der Waals surface area contributed by atoms with Gasteiger partial charge >= 0.3 is 0 Å². The lowest BCUT2D eigenvalue weighted by Gasteiger charge is -2.19. The van der Waals surface area contributed by atoms with E-state index in [-0.39, 0.29) is 18.5 Å². The number of ether oxygens (including phenoxy) is 1. The molecule has 0 saturated carbocycles. The molecule has 24 heavy (non-hydrogen) atoms. The van der Waals surface area contributed by atoms with Crippen LogP contribution in [-0.2, 0) is 9.53 Å². The van der Waals surface area contributed by atoms with E-state index in [9.17, 15) is 4.79 Å². The molecule has 0 spiro atoms. The zero-order valence-electron chi connectivity index (χ0n) is 14.2. The Balaban J connectivity index is 2.66. The van der Waals surface area contributed by atoms with Crippen LogP contribution in [-0.4, -0.2) is 45.2 Å². The standard InChI is InChI=1S/C16H24Cl2N4O2/c1-4-19-16(21-10-15(23)20-7-8-24-3)22-11(2)13-6-5-12(17)9-14(13)18/h5-6,9,11H,4,7-8,10H2,1-3H3,(H,20,23)(H2,19,21,22). The minimum absolute atomic E-state index is 0.0279. The van der Waals surface area contributed by atoms with Crippen molar-refractivity contribution >= 4 is 35.1 Å². The molecule has 1 unspecified atom stereocenters. The summed E-state index contributed by atoms with van der Waals surface area (Å²) in [4.78, 5) is 16.0. The van der Waals surface area contributed by atoms with Crippen molar-refractivity contribution in [2.24, 2.45) is 4.99 Å². The number of carbonyl (C=O) groups excluding carboxylic acids is 1. The lowest BCUT2D eigenvalue weighted by atomic mass is 10.1. The highest BCUT2D eigenvalue weighted by Crippen LogP contribution is 2.25. The third-order valence-corrected chi connectivity index (χ3v) is 3.70. The average Bonchev–Trinajstić information content (AvgIpc) is 2.53. The highest BCUT2D eigenvalue weighted by molar-refractivity contribution is 6.35. The number of methoxy groups -OCH3 is 1. The van der Waals surface area contributed by atoms with E-state index in [1.807, 2.05) is 19.9 Å². The minimum atomic E-state index is -0.165. The Morgan fingerprint density at radius 3 is 2.71 bits per heavy atom. The van der Waals surface area contributed by atoms with Crippen LogP contribution in [0.1, 0.15) is 25.5 Å². The quantitative estimate of drug-likeness (QED) is 0.371. The molecule has 0 radical (unpaired) electrons. The van der Waals surface area contributed by atoms with Crippen molar-refractivity contribution in [1.29, 1.82) is 0 Å². The molecule has 1 atom stereocenters.